The summed E-state index contributed by atoms with van der Waals surface area (Å²) in [5, 5.41) is 3.61. The van der Waals surface area contributed by atoms with Crippen LogP contribution in [0.2, 0.25) is 0 Å². The SMILES string of the molecule is Cc1nc(NCc2cccc(S(F)(F)(F)(F)F)c2)c2cc(C)c(Br)cc2n1. The van der Waals surface area contributed by atoms with Gasteiger partial charge in [-0.2, -0.15) is 0 Å². The summed E-state index contributed by atoms with van der Waals surface area (Å²) in [4.78, 5) is 6.71. The summed E-state index contributed by atoms with van der Waals surface area (Å²) in [7, 11) is -9.71. The molecule has 0 spiro atoms. The van der Waals surface area contributed by atoms with E-state index in [2.05, 4.69) is 31.2 Å². The molecule has 0 atom stereocenters. The number of aryl methyl sites for hydroxylation is 2. The van der Waals surface area contributed by atoms with Crippen molar-refractivity contribution in [3.63, 3.8) is 0 Å². The van der Waals surface area contributed by atoms with Crippen LogP contribution < -0.4 is 5.32 Å². The van der Waals surface area contributed by atoms with Gasteiger partial charge in [-0.25, -0.2) is 9.97 Å². The van der Waals surface area contributed by atoms with E-state index in [4.69, 9.17) is 0 Å². The molecule has 0 aliphatic rings. The van der Waals surface area contributed by atoms with Crippen molar-refractivity contribution in [2.75, 3.05) is 5.32 Å². The van der Waals surface area contributed by atoms with E-state index in [1.54, 1.807) is 6.92 Å². The second-order valence-electron chi connectivity index (χ2n) is 6.21. The predicted molar refractivity (Wildman–Crippen MR) is 102 cm³/mol. The number of rotatable bonds is 4. The Bertz CT molecular complexity index is 1050. The predicted octanol–water partition coefficient (Wildman–Crippen LogP) is 7.28. The van der Waals surface area contributed by atoms with E-state index in [1.165, 1.54) is 6.07 Å². The van der Waals surface area contributed by atoms with Crippen molar-refractivity contribution in [3.8, 4) is 0 Å². The highest BCUT2D eigenvalue weighted by Gasteiger charge is 2.65. The molecule has 0 aliphatic heterocycles. The number of nitrogens with zero attached hydrogens (tertiary/aromatic N) is 2. The topological polar surface area (TPSA) is 37.8 Å². The molecule has 0 bridgehead atoms. The van der Waals surface area contributed by atoms with Crippen molar-refractivity contribution in [1.82, 2.24) is 9.97 Å². The number of benzene rings is 2. The minimum Gasteiger partial charge on any atom is -0.365 e. The molecule has 27 heavy (non-hydrogen) atoms. The third-order valence-electron chi connectivity index (χ3n) is 3.89. The first-order chi connectivity index (χ1) is 12.2. The minimum absolute atomic E-state index is 0.0685. The van der Waals surface area contributed by atoms with Crippen molar-refractivity contribution in [2.45, 2.75) is 25.3 Å². The molecule has 0 unspecified atom stereocenters. The maximum absolute atomic E-state index is 13.0. The van der Waals surface area contributed by atoms with E-state index in [-0.39, 0.29) is 12.1 Å². The Morgan fingerprint density at radius 3 is 2.37 bits per heavy atom. The largest absolute Gasteiger partial charge is 0.365 e. The Morgan fingerprint density at radius 1 is 1.00 bits per heavy atom. The number of fused-ring (bicyclic) bond motifs is 1. The van der Waals surface area contributed by atoms with Crippen molar-refractivity contribution >= 4 is 42.9 Å². The van der Waals surface area contributed by atoms with Gasteiger partial charge >= 0.3 is 10.2 Å². The molecule has 3 aromatic rings. The van der Waals surface area contributed by atoms with Crippen molar-refractivity contribution < 1.29 is 19.4 Å². The number of hydrogen-bond donors (Lipinski definition) is 1. The van der Waals surface area contributed by atoms with Gasteiger partial charge in [-0.3, -0.25) is 0 Å². The molecule has 0 radical (unpaired) electrons. The molecule has 0 saturated carbocycles. The summed E-state index contributed by atoms with van der Waals surface area (Å²) in [6.07, 6.45) is 0. The number of aromatic nitrogens is 2. The average molecular weight is 468 g/mol. The molecule has 3 nitrogen and oxygen atoms in total. The fourth-order valence-corrected chi connectivity index (χ4v) is 3.63. The summed E-state index contributed by atoms with van der Waals surface area (Å²) in [5.74, 6) is 0.896. The van der Waals surface area contributed by atoms with E-state index in [9.17, 15) is 19.4 Å². The smallest absolute Gasteiger partial charge is 0.310 e. The van der Waals surface area contributed by atoms with Crippen LogP contribution in [0.1, 0.15) is 17.0 Å². The second kappa shape index (κ2) is 5.78. The Kier molecular flexibility index (Phi) is 4.24. The number of nitrogens with one attached hydrogen (secondary N) is 1. The lowest BCUT2D eigenvalue weighted by atomic mass is 10.1. The van der Waals surface area contributed by atoms with E-state index < -0.39 is 15.1 Å². The fourth-order valence-electron chi connectivity index (χ4n) is 2.59. The zero-order valence-corrected chi connectivity index (χ0v) is 16.6. The Balaban J connectivity index is 1.96. The van der Waals surface area contributed by atoms with Crippen LogP contribution in [0, 0.1) is 13.8 Å². The van der Waals surface area contributed by atoms with Gasteiger partial charge in [0, 0.05) is 16.4 Å². The molecule has 2 aromatic carbocycles. The normalized spacial score (nSPS) is 14.7. The van der Waals surface area contributed by atoms with E-state index in [0.29, 0.717) is 34.7 Å². The highest BCUT2D eigenvalue weighted by atomic mass is 79.9. The standard InChI is InChI=1S/C17H15BrF5N3S/c1-10-6-14-16(8-15(10)18)25-11(2)26-17(14)24-9-12-4-3-5-13(7-12)27(19,20,21,22)23/h3-8H,9H2,1-2H3,(H,24,25,26). The van der Waals surface area contributed by atoms with E-state index in [0.717, 1.165) is 16.1 Å². The molecular weight excluding hydrogens is 453 g/mol. The molecule has 146 valence electrons. The summed E-state index contributed by atoms with van der Waals surface area (Å²) in [6, 6.07) is 6.82. The van der Waals surface area contributed by atoms with E-state index >= 15 is 0 Å². The van der Waals surface area contributed by atoms with Crippen LogP contribution in [0.3, 0.4) is 0 Å². The maximum Gasteiger partial charge on any atom is 0.310 e. The van der Waals surface area contributed by atoms with Crippen molar-refractivity contribution in [2.24, 2.45) is 0 Å². The third kappa shape index (κ3) is 4.49. The van der Waals surface area contributed by atoms with Crippen LogP contribution in [0.15, 0.2) is 45.8 Å². The molecular formula is C17H15BrF5N3S. The molecule has 0 saturated heterocycles. The molecule has 3 rings (SSSR count). The van der Waals surface area contributed by atoms with Crippen LogP contribution in [0.5, 0.6) is 0 Å². The van der Waals surface area contributed by atoms with Crippen LogP contribution in [0.4, 0.5) is 25.2 Å². The first-order valence-electron chi connectivity index (χ1n) is 7.74. The molecule has 1 N–H and O–H groups in total. The quantitative estimate of drug-likeness (QED) is 0.409. The van der Waals surface area contributed by atoms with Gasteiger partial charge in [-0.05, 0) is 49.2 Å². The fraction of sp³-hybridized carbons (Fsp3) is 0.176. The highest BCUT2D eigenvalue weighted by Crippen LogP contribution is 3.02. The first kappa shape index (κ1) is 19.8. The second-order valence-corrected chi connectivity index (χ2v) is 9.47. The zero-order chi connectivity index (χ0) is 20.1. The van der Waals surface area contributed by atoms with Crippen LogP contribution in [-0.2, 0) is 6.54 Å². The maximum atomic E-state index is 13.0. The molecule has 1 heterocycles. The van der Waals surface area contributed by atoms with Gasteiger partial charge in [-0.15, -0.1) is 0 Å². The Hall–Kier alpha value is -1.94. The third-order valence-corrected chi connectivity index (χ3v) is 5.89. The summed E-state index contributed by atoms with van der Waals surface area (Å²) in [5.41, 5.74) is 1.66. The van der Waals surface area contributed by atoms with Gasteiger partial charge in [0.15, 0.2) is 0 Å². The van der Waals surface area contributed by atoms with Gasteiger partial charge < -0.3 is 5.32 Å². The highest BCUT2D eigenvalue weighted by molar-refractivity contribution is 9.10. The first-order valence-corrected chi connectivity index (χ1v) is 10.5. The van der Waals surface area contributed by atoms with Gasteiger partial charge in [0.05, 0.1) is 5.52 Å². The van der Waals surface area contributed by atoms with Gasteiger partial charge in [-0.1, -0.05) is 47.5 Å². The zero-order valence-electron chi connectivity index (χ0n) is 14.2. The van der Waals surface area contributed by atoms with Crippen LogP contribution >= 0.6 is 26.2 Å². The van der Waals surface area contributed by atoms with E-state index in [1.807, 2.05) is 19.1 Å². The van der Waals surface area contributed by atoms with Gasteiger partial charge in [0.25, 0.3) is 0 Å². The number of anilines is 1. The number of hydrogen-bond acceptors (Lipinski definition) is 3. The minimum atomic E-state index is -9.71. The molecule has 0 amide bonds. The Morgan fingerprint density at radius 2 is 1.70 bits per heavy atom. The molecule has 0 aliphatic carbocycles. The Labute approximate surface area is 160 Å². The molecule has 10 heteroatoms. The monoisotopic (exact) mass is 467 g/mol. The summed E-state index contributed by atoms with van der Waals surface area (Å²) in [6.45, 7) is 3.47. The molecule has 0 fully saturated rings. The summed E-state index contributed by atoms with van der Waals surface area (Å²) >= 11 is 3.42. The lowest BCUT2D eigenvalue weighted by Gasteiger charge is -2.40. The van der Waals surface area contributed by atoms with Crippen LogP contribution in [-0.4, -0.2) is 9.97 Å². The summed E-state index contributed by atoms with van der Waals surface area (Å²) < 4.78 is 65.8. The van der Waals surface area contributed by atoms with Gasteiger partial charge in [0.1, 0.15) is 16.5 Å². The molecule has 1 aromatic heterocycles. The van der Waals surface area contributed by atoms with Gasteiger partial charge in [0.2, 0.25) is 0 Å². The van der Waals surface area contributed by atoms with Crippen LogP contribution in [0.25, 0.3) is 10.9 Å². The van der Waals surface area contributed by atoms with Crippen molar-refractivity contribution in [1.29, 1.82) is 0 Å². The van der Waals surface area contributed by atoms with Crippen molar-refractivity contribution in [3.05, 3.63) is 57.8 Å². The average Bonchev–Trinajstić information content (AvgIpc) is 2.52. The lowest BCUT2D eigenvalue weighted by Crippen LogP contribution is -2.08. The lowest BCUT2D eigenvalue weighted by molar-refractivity contribution is 0.364. The number of halogens is 6.